The number of halogens is 1. The van der Waals surface area contributed by atoms with Crippen LogP contribution in [0.4, 0.5) is 0 Å². The lowest BCUT2D eigenvalue weighted by atomic mass is 9.89. The van der Waals surface area contributed by atoms with Crippen molar-refractivity contribution in [2.75, 3.05) is 19.6 Å². The molecule has 1 aromatic heterocycles. The van der Waals surface area contributed by atoms with Gasteiger partial charge < -0.3 is 10.6 Å². The molecule has 1 aliphatic carbocycles. The quantitative estimate of drug-likeness (QED) is 0.873. The SMILES string of the molecule is Cl.Cn1cc([C@H]2CNC[C@@H]2C(=O)NCC2CCCCCCC2)cn1. The normalized spacial score (nSPS) is 25.5. The summed E-state index contributed by atoms with van der Waals surface area (Å²) in [5, 5.41) is 10.9. The number of nitrogens with one attached hydrogen (secondary N) is 2. The second kappa shape index (κ2) is 9.42. The maximum Gasteiger partial charge on any atom is 0.225 e. The topological polar surface area (TPSA) is 59.0 Å². The van der Waals surface area contributed by atoms with Crippen LogP contribution in [0, 0.1) is 11.8 Å². The summed E-state index contributed by atoms with van der Waals surface area (Å²) in [6, 6.07) is 0. The van der Waals surface area contributed by atoms with E-state index < -0.39 is 0 Å². The summed E-state index contributed by atoms with van der Waals surface area (Å²) in [5.41, 5.74) is 1.17. The molecule has 1 saturated carbocycles. The van der Waals surface area contributed by atoms with E-state index in [0.717, 1.165) is 19.6 Å². The smallest absolute Gasteiger partial charge is 0.225 e. The van der Waals surface area contributed by atoms with Gasteiger partial charge in [-0.2, -0.15) is 5.10 Å². The highest BCUT2D eigenvalue weighted by molar-refractivity contribution is 5.85. The number of hydrogen-bond acceptors (Lipinski definition) is 3. The number of amides is 1. The number of nitrogens with zero attached hydrogens (tertiary/aromatic N) is 2. The van der Waals surface area contributed by atoms with Crippen LogP contribution in [-0.2, 0) is 11.8 Å². The number of carbonyl (C=O) groups is 1. The van der Waals surface area contributed by atoms with Crippen LogP contribution in [0.15, 0.2) is 12.4 Å². The third-order valence-electron chi connectivity index (χ3n) is 5.49. The Morgan fingerprint density at radius 1 is 1.25 bits per heavy atom. The molecule has 0 radical (unpaired) electrons. The van der Waals surface area contributed by atoms with Crippen molar-refractivity contribution in [3.63, 3.8) is 0 Å². The first-order valence-corrected chi connectivity index (χ1v) is 9.21. The van der Waals surface area contributed by atoms with E-state index in [-0.39, 0.29) is 30.2 Å². The first kappa shape index (κ1) is 19.3. The van der Waals surface area contributed by atoms with Crippen molar-refractivity contribution >= 4 is 18.3 Å². The summed E-state index contributed by atoms with van der Waals surface area (Å²) in [7, 11) is 1.93. The van der Waals surface area contributed by atoms with Crippen LogP contribution in [0.3, 0.4) is 0 Å². The van der Waals surface area contributed by atoms with Gasteiger partial charge in [0, 0.05) is 38.8 Å². The number of aryl methyl sites for hydroxylation is 1. The fourth-order valence-electron chi connectivity index (χ4n) is 4.06. The highest BCUT2D eigenvalue weighted by Gasteiger charge is 2.34. The van der Waals surface area contributed by atoms with Gasteiger partial charge in [-0.1, -0.05) is 32.1 Å². The van der Waals surface area contributed by atoms with Gasteiger partial charge in [0.25, 0.3) is 0 Å². The molecule has 3 rings (SSSR count). The average molecular weight is 355 g/mol. The summed E-state index contributed by atoms with van der Waals surface area (Å²) in [6.45, 7) is 2.50. The maximum atomic E-state index is 12.7. The molecular formula is C18H31ClN4O. The molecule has 1 saturated heterocycles. The minimum Gasteiger partial charge on any atom is -0.356 e. The highest BCUT2D eigenvalue weighted by Crippen LogP contribution is 2.28. The summed E-state index contributed by atoms with van der Waals surface area (Å²) in [6.07, 6.45) is 13.2. The van der Waals surface area contributed by atoms with Gasteiger partial charge in [0.15, 0.2) is 0 Å². The number of carbonyl (C=O) groups excluding carboxylic acids is 1. The van der Waals surface area contributed by atoms with E-state index in [0.29, 0.717) is 5.92 Å². The monoisotopic (exact) mass is 354 g/mol. The largest absolute Gasteiger partial charge is 0.356 e. The summed E-state index contributed by atoms with van der Waals surface area (Å²) in [4.78, 5) is 12.7. The van der Waals surface area contributed by atoms with Crippen molar-refractivity contribution in [1.82, 2.24) is 20.4 Å². The number of hydrogen-bond donors (Lipinski definition) is 2. The molecule has 5 nitrogen and oxygen atoms in total. The Hall–Kier alpha value is -1.07. The van der Waals surface area contributed by atoms with E-state index >= 15 is 0 Å². The predicted octanol–water partition coefficient (Wildman–Crippen LogP) is 2.62. The van der Waals surface area contributed by atoms with Crippen LogP contribution in [0.5, 0.6) is 0 Å². The molecule has 0 spiro atoms. The Bertz CT molecular complexity index is 511. The molecule has 2 N–H and O–H groups in total. The van der Waals surface area contributed by atoms with Gasteiger partial charge >= 0.3 is 0 Å². The number of aromatic nitrogens is 2. The minimum absolute atomic E-state index is 0. The van der Waals surface area contributed by atoms with Crippen LogP contribution < -0.4 is 10.6 Å². The minimum atomic E-state index is 0. The van der Waals surface area contributed by atoms with Gasteiger partial charge in [-0.05, 0) is 24.3 Å². The second-order valence-electron chi connectivity index (χ2n) is 7.27. The Morgan fingerprint density at radius 2 is 1.96 bits per heavy atom. The third-order valence-corrected chi connectivity index (χ3v) is 5.49. The summed E-state index contributed by atoms with van der Waals surface area (Å²) >= 11 is 0. The van der Waals surface area contributed by atoms with Crippen molar-refractivity contribution in [1.29, 1.82) is 0 Å². The molecule has 24 heavy (non-hydrogen) atoms. The molecule has 2 aliphatic rings. The fourth-order valence-corrected chi connectivity index (χ4v) is 4.06. The standard InChI is InChI=1S/C18H30N4O.ClH/c1-22-13-15(10-21-22)16-11-19-12-17(16)18(23)20-9-14-7-5-3-2-4-6-8-14;/h10,13-14,16-17,19H,2-9,11-12H2,1H3,(H,20,23);1H/t16-,17+;/m1./s1. The molecule has 6 heteroatoms. The average Bonchev–Trinajstić information content (AvgIpc) is 3.14. The van der Waals surface area contributed by atoms with Gasteiger partial charge in [0.05, 0.1) is 12.1 Å². The highest BCUT2D eigenvalue weighted by atomic mass is 35.5. The van der Waals surface area contributed by atoms with Crippen molar-refractivity contribution in [2.24, 2.45) is 18.9 Å². The summed E-state index contributed by atoms with van der Waals surface area (Å²) in [5.74, 6) is 1.17. The molecule has 1 aromatic rings. The molecule has 2 fully saturated rings. The van der Waals surface area contributed by atoms with E-state index in [9.17, 15) is 4.79 Å². The van der Waals surface area contributed by atoms with Crippen molar-refractivity contribution in [3.8, 4) is 0 Å². The predicted molar refractivity (Wildman–Crippen MR) is 98.4 cm³/mol. The Labute approximate surface area is 151 Å². The lowest BCUT2D eigenvalue weighted by Crippen LogP contribution is -2.37. The van der Waals surface area contributed by atoms with Crippen molar-refractivity contribution < 1.29 is 4.79 Å². The zero-order chi connectivity index (χ0) is 16.1. The Morgan fingerprint density at radius 3 is 2.62 bits per heavy atom. The first-order chi connectivity index (χ1) is 11.2. The molecule has 2 heterocycles. The molecule has 1 aliphatic heterocycles. The van der Waals surface area contributed by atoms with Crippen LogP contribution in [-0.4, -0.2) is 35.3 Å². The second-order valence-corrected chi connectivity index (χ2v) is 7.27. The van der Waals surface area contributed by atoms with Crippen LogP contribution >= 0.6 is 12.4 Å². The van der Waals surface area contributed by atoms with Crippen LogP contribution in [0.2, 0.25) is 0 Å². The van der Waals surface area contributed by atoms with E-state index in [1.807, 2.05) is 24.1 Å². The van der Waals surface area contributed by atoms with E-state index in [1.165, 1.54) is 50.5 Å². The van der Waals surface area contributed by atoms with Gasteiger partial charge in [0.2, 0.25) is 5.91 Å². The van der Waals surface area contributed by atoms with Gasteiger partial charge in [-0.3, -0.25) is 9.48 Å². The molecular weight excluding hydrogens is 324 g/mol. The zero-order valence-corrected chi connectivity index (χ0v) is 15.5. The van der Waals surface area contributed by atoms with Gasteiger partial charge in [0.1, 0.15) is 0 Å². The fraction of sp³-hybridized carbons (Fsp3) is 0.778. The van der Waals surface area contributed by atoms with Crippen LogP contribution in [0.1, 0.15) is 56.4 Å². The van der Waals surface area contributed by atoms with E-state index in [1.54, 1.807) is 0 Å². The van der Waals surface area contributed by atoms with Crippen molar-refractivity contribution in [3.05, 3.63) is 18.0 Å². The maximum absolute atomic E-state index is 12.7. The van der Waals surface area contributed by atoms with Gasteiger partial charge in [-0.15, -0.1) is 12.4 Å². The van der Waals surface area contributed by atoms with Gasteiger partial charge in [-0.25, -0.2) is 0 Å². The molecule has 1 amide bonds. The zero-order valence-electron chi connectivity index (χ0n) is 14.7. The summed E-state index contributed by atoms with van der Waals surface area (Å²) < 4.78 is 1.82. The third kappa shape index (κ3) is 4.96. The van der Waals surface area contributed by atoms with Crippen molar-refractivity contribution in [2.45, 2.75) is 50.9 Å². The molecule has 0 unspecified atom stereocenters. The van der Waals surface area contributed by atoms with E-state index in [2.05, 4.69) is 15.7 Å². The Balaban J connectivity index is 0.00000208. The Kier molecular flexibility index (Phi) is 7.56. The molecule has 136 valence electrons. The molecule has 0 aromatic carbocycles. The first-order valence-electron chi connectivity index (χ1n) is 9.21. The molecule has 0 bridgehead atoms. The lowest BCUT2D eigenvalue weighted by molar-refractivity contribution is -0.125. The van der Waals surface area contributed by atoms with Crippen LogP contribution in [0.25, 0.3) is 0 Å². The number of rotatable bonds is 4. The lowest BCUT2D eigenvalue weighted by Gasteiger charge is -2.22. The molecule has 2 atom stereocenters. The van der Waals surface area contributed by atoms with E-state index in [4.69, 9.17) is 0 Å².